The Balaban J connectivity index is 1.10. The second kappa shape index (κ2) is 7.30. The smallest absolute Gasteiger partial charge is 0.244 e. The van der Waals surface area contributed by atoms with Crippen LogP contribution >= 0.6 is 0 Å². The predicted molar refractivity (Wildman–Crippen MR) is 122 cm³/mol. The highest BCUT2D eigenvalue weighted by molar-refractivity contribution is 6.09. The molecule has 2 aromatic carbocycles. The fraction of sp³-hybridized carbons (Fsp3) is 0.370. The van der Waals surface area contributed by atoms with Crippen molar-refractivity contribution in [2.75, 3.05) is 11.9 Å². The third kappa shape index (κ3) is 3.19. The molecule has 4 aliphatic carbocycles. The minimum atomic E-state index is -0.371. The molecule has 1 N–H and O–H groups in total. The summed E-state index contributed by atoms with van der Waals surface area (Å²) in [4.78, 5) is 39.9. The van der Waals surface area contributed by atoms with E-state index < -0.39 is 0 Å². The number of anilines is 1. The van der Waals surface area contributed by atoms with Crippen molar-refractivity contribution < 1.29 is 19.1 Å². The van der Waals surface area contributed by atoms with Crippen LogP contribution in [-0.2, 0) is 14.4 Å². The van der Waals surface area contributed by atoms with Gasteiger partial charge in [-0.05, 0) is 79.3 Å². The average Bonchev–Trinajstić information content (AvgIpc) is 3.59. The summed E-state index contributed by atoms with van der Waals surface area (Å²) in [6.45, 7) is 3.76. The molecule has 0 spiro atoms. The summed E-state index contributed by atoms with van der Waals surface area (Å²) in [5, 5.41) is 2.80. The lowest BCUT2D eigenvalue weighted by Crippen LogP contribution is -2.40. The Kier molecular flexibility index (Phi) is 4.47. The van der Waals surface area contributed by atoms with E-state index in [0.717, 1.165) is 23.3 Å². The van der Waals surface area contributed by atoms with Crippen LogP contribution < -0.4 is 10.1 Å². The fourth-order valence-corrected chi connectivity index (χ4v) is 6.20. The van der Waals surface area contributed by atoms with E-state index in [9.17, 15) is 14.4 Å². The van der Waals surface area contributed by atoms with Crippen LogP contribution in [0.2, 0.25) is 0 Å². The number of allylic oxidation sites excluding steroid dienone is 2. The van der Waals surface area contributed by atoms with Crippen LogP contribution in [0.4, 0.5) is 5.69 Å². The lowest BCUT2D eigenvalue weighted by atomic mass is 9.63. The van der Waals surface area contributed by atoms with E-state index in [-0.39, 0.29) is 47.9 Å². The van der Waals surface area contributed by atoms with E-state index in [2.05, 4.69) is 17.5 Å². The van der Waals surface area contributed by atoms with Gasteiger partial charge in [0.05, 0.1) is 11.8 Å². The van der Waals surface area contributed by atoms with Crippen molar-refractivity contribution in [2.45, 2.75) is 20.3 Å². The molecular formula is C27H26N2O4. The number of aryl methyl sites for hydroxylation is 2. The van der Waals surface area contributed by atoms with Crippen LogP contribution in [0.5, 0.6) is 11.5 Å². The third-order valence-corrected chi connectivity index (χ3v) is 7.82. The summed E-state index contributed by atoms with van der Waals surface area (Å²) in [5.74, 6) is 1.65. The number of amides is 3. The first-order valence-corrected chi connectivity index (χ1v) is 11.6. The van der Waals surface area contributed by atoms with Gasteiger partial charge in [-0.15, -0.1) is 0 Å². The first-order chi connectivity index (χ1) is 15.9. The molecule has 6 nitrogen and oxygen atoms in total. The molecule has 0 radical (unpaired) electrons. The number of hydrogen-bond donors (Lipinski definition) is 1. The van der Waals surface area contributed by atoms with Crippen molar-refractivity contribution in [2.24, 2.45) is 35.5 Å². The van der Waals surface area contributed by atoms with Crippen molar-refractivity contribution >= 4 is 23.4 Å². The zero-order valence-corrected chi connectivity index (χ0v) is 18.7. The number of rotatable bonds is 5. The highest BCUT2D eigenvalue weighted by Crippen LogP contribution is 2.65. The third-order valence-electron chi connectivity index (χ3n) is 7.82. The number of ether oxygens (including phenoxy) is 1. The first-order valence-electron chi connectivity index (χ1n) is 11.6. The van der Waals surface area contributed by atoms with Gasteiger partial charge < -0.3 is 10.1 Å². The lowest BCUT2D eigenvalue weighted by molar-refractivity contribution is -0.142. The Labute approximate surface area is 192 Å². The van der Waals surface area contributed by atoms with Crippen LogP contribution in [0.3, 0.4) is 0 Å². The van der Waals surface area contributed by atoms with E-state index in [4.69, 9.17) is 4.74 Å². The van der Waals surface area contributed by atoms with Gasteiger partial charge in [0, 0.05) is 5.69 Å². The van der Waals surface area contributed by atoms with Gasteiger partial charge in [0.1, 0.15) is 18.0 Å². The van der Waals surface area contributed by atoms with Crippen LogP contribution in [0, 0.1) is 49.4 Å². The molecular weight excluding hydrogens is 416 g/mol. The van der Waals surface area contributed by atoms with E-state index >= 15 is 0 Å². The van der Waals surface area contributed by atoms with Crippen molar-refractivity contribution in [3.63, 3.8) is 0 Å². The molecule has 2 aromatic rings. The normalized spacial score (nSPS) is 30.8. The van der Waals surface area contributed by atoms with Gasteiger partial charge in [-0.1, -0.05) is 30.4 Å². The summed E-state index contributed by atoms with van der Waals surface area (Å²) >= 11 is 0. The number of likely N-dealkylation sites (tertiary alicyclic amines) is 1. The van der Waals surface area contributed by atoms with Crippen molar-refractivity contribution in [1.29, 1.82) is 0 Å². The van der Waals surface area contributed by atoms with E-state index in [1.54, 1.807) is 24.3 Å². The van der Waals surface area contributed by atoms with Gasteiger partial charge in [0.15, 0.2) is 0 Å². The van der Waals surface area contributed by atoms with Gasteiger partial charge in [-0.3, -0.25) is 19.3 Å². The second-order valence-electron chi connectivity index (χ2n) is 9.81. The van der Waals surface area contributed by atoms with Crippen molar-refractivity contribution in [1.82, 2.24) is 4.90 Å². The number of nitrogens with zero attached hydrogens (tertiary/aromatic N) is 1. The summed E-state index contributed by atoms with van der Waals surface area (Å²) in [7, 11) is 0. The number of imide groups is 1. The minimum Gasteiger partial charge on any atom is -0.457 e. The topological polar surface area (TPSA) is 75.7 Å². The summed E-state index contributed by atoms with van der Waals surface area (Å²) in [6, 6.07) is 13.1. The number of para-hydroxylation sites is 1. The molecule has 3 fully saturated rings. The molecule has 2 saturated carbocycles. The Bertz CT molecular complexity index is 1140. The number of carbonyl (C=O) groups excluding carboxylic acids is 3. The Morgan fingerprint density at radius 3 is 2.09 bits per heavy atom. The van der Waals surface area contributed by atoms with Gasteiger partial charge >= 0.3 is 0 Å². The van der Waals surface area contributed by atoms with E-state index in [1.807, 2.05) is 32.0 Å². The van der Waals surface area contributed by atoms with E-state index in [0.29, 0.717) is 23.3 Å². The number of nitrogens with one attached hydrogen (secondary N) is 1. The van der Waals surface area contributed by atoms with Gasteiger partial charge in [0.2, 0.25) is 17.7 Å². The molecule has 7 rings (SSSR count). The number of carbonyl (C=O) groups is 3. The molecule has 2 bridgehead atoms. The summed E-state index contributed by atoms with van der Waals surface area (Å²) in [5.41, 5.74) is 2.69. The Hall–Kier alpha value is -3.41. The van der Waals surface area contributed by atoms with Crippen LogP contribution in [-0.4, -0.2) is 29.2 Å². The maximum atomic E-state index is 13.0. The van der Waals surface area contributed by atoms with Crippen LogP contribution in [0.25, 0.3) is 0 Å². The van der Waals surface area contributed by atoms with Gasteiger partial charge in [-0.2, -0.15) is 0 Å². The number of hydrogen-bond acceptors (Lipinski definition) is 4. The monoisotopic (exact) mass is 442 g/mol. The molecule has 3 amide bonds. The average molecular weight is 443 g/mol. The highest BCUT2D eigenvalue weighted by atomic mass is 16.5. The zero-order chi connectivity index (χ0) is 22.9. The highest BCUT2D eigenvalue weighted by Gasteiger charge is 2.67. The Morgan fingerprint density at radius 1 is 0.939 bits per heavy atom. The molecule has 1 saturated heterocycles. The first kappa shape index (κ1) is 20.2. The minimum absolute atomic E-state index is 0.166. The van der Waals surface area contributed by atoms with Gasteiger partial charge in [-0.25, -0.2) is 0 Å². The number of benzene rings is 2. The standard InChI is InChI=1S/C27H26N2O4/c1-14-4-3-5-15(2)25(14)33-17-8-6-16(7-9-17)28-22(30)13-29-26(31)23-18-10-11-19(21-12-20(18)21)24(23)27(29)32/h3-11,18-21,23-24H,12-13H2,1-2H3,(H,28,30). The molecule has 168 valence electrons. The van der Waals surface area contributed by atoms with Crippen molar-refractivity contribution in [3.8, 4) is 11.5 Å². The molecule has 1 aliphatic heterocycles. The zero-order valence-electron chi connectivity index (χ0n) is 18.7. The molecule has 1 heterocycles. The summed E-state index contributed by atoms with van der Waals surface area (Å²) in [6.07, 6.45) is 5.40. The Morgan fingerprint density at radius 2 is 1.52 bits per heavy atom. The molecule has 0 aromatic heterocycles. The van der Waals surface area contributed by atoms with E-state index in [1.165, 1.54) is 4.90 Å². The summed E-state index contributed by atoms with van der Waals surface area (Å²) < 4.78 is 6.01. The molecule has 6 heteroatoms. The molecule has 5 aliphatic rings. The second-order valence-corrected chi connectivity index (χ2v) is 9.81. The van der Waals surface area contributed by atoms with Crippen LogP contribution in [0.15, 0.2) is 54.6 Å². The van der Waals surface area contributed by atoms with Crippen LogP contribution in [0.1, 0.15) is 17.5 Å². The predicted octanol–water partition coefficient (Wildman–Crippen LogP) is 4.09. The largest absolute Gasteiger partial charge is 0.457 e. The maximum Gasteiger partial charge on any atom is 0.244 e. The molecule has 6 atom stereocenters. The quantitative estimate of drug-likeness (QED) is 0.559. The lowest BCUT2D eigenvalue weighted by Gasteiger charge is -2.37. The van der Waals surface area contributed by atoms with Crippen molar-refractivity contribution in [3.05, 3.63) is 65.7 Å². The molecule has 6 unspecified atom stereocenters. The maximum absolute atomic E-state index is 13.0. The van der Waals surface area contributed by atoms with Gasteiger partial charge in [0.25, 0.3) is 0 Å². The SMILES string of the molecule is Cc1cccc(C)c1Oc1ccc(NC(=O)CN2C(=O)C3C4C=CC(C5CC45)C3C2=O)cc1. The molecule has 33 heavy (non-hydrogen) atoms. The fourth-order valence-electron chi connectivity index (χ4n) is 6.20.